The summed E-state index contributed by atoms with van der Waals surface area (Å²) in [6, 6.07) is -1.12. The smallest absolute Gasteiger partial charge is 0.320 e. The van der Waals surface area contributed by atoms with Crippen LogP contribution in [0.5, 0.6) is 0 Å². The average molecular weight is 414 g/mol. The number of anilines is 1. The number of imidazole rings is 1. The summed E-state index contributed by atoms with van der Waals surface area (Å²) in [6.45, 7) is -0.589. The Hall–Kier alpha value is -2.03. The first-order valence-corrected chi connectivity index (χ1v) is 9.83. The van der Waals surface area contributed by atoms with E-state index in [1.807, 2.05) is 6.26 Å². The lowest BCUT2D eigenvalue weighted by molar-refractivity contribution is -0.180. The second-order valence-corrected chi connectivity index (χ2v) is 7.32. The number of aliphatic hydroxyl groups excluding tert-OH is 3. The molecule has 154 valence electrons. The Morgan fingerprint density at radius 3 is 2.82 bits per heavy atom. The Morgan fingerprint density at radius 1 is 1.46 bits per heavy atom. The van der Waals surface area contributed by atoms with Crippen molar-refractivity contribution in [3.8, 4) is 0 Å². The summed E-state index contributed by atoms with van der Waals surface area (Å²) < 4.78 is 7.03. The van der Waals surface area contributed by atoms with Crippen molar-refractivity contribution in [1.29, 1.82) is 0 Å². The highest BCUT2D eigenvalue weighted by Crippen LogP contribution is 2.36. The zero-order valence-electron chi connectivity index (χ0n) is 15.0. The number of rotatable bonds is 8. The number of carboxylic acid groups (broad SMARTS) is 1. The van der Waals surface area contributed by atoms with Crippen LogP contribution >= 0.6 is 11.8 Å². The van der Waals surface area contributed by atoms with Gasteiger partial charge in [0.15, 0.2) is 11.5 Å². The van der Waals surface area contributed by atoms with Crippen molar-refractivity contribution >= 4 is 34.7 Å². The van der Waals surface area contributed by atoms with Crippen LogP contribution in [0, 0.1) is 0 Å². The monoisotopic (exact) mass is 414 g/mol. The molecule has 1 aliphatic heterocycles. The maximum atomic E-state index is 11.8. The van der Waals surface area contributed by atoms with Crippen molar-refractivity contribution in [2.45, 2.75) is 36.6 Å². The molecule has 1 aliphatic rings. The van der Waals surface area contributed by atoms with E-state index in [1.165, 1.54) is 29.0 Å². The quantitative estimate of drug-likeness (QED) is 0.277. The molecule has 2 aromatic rings. The molecule has 0 spiro atoms. The van der Waals surface area contributed by atoms with E-state index in [2.05, 4.69) is 20.3 Å². The molecular weight excluding hydrogens is 392 g/mol. The van der Waals surface area contributed by atoms with Crippen molar-refractivity contribution in [3.05, 3.63) is 12.7 Å². The van der Waals surface area contributed by atoms with Crippen molar-refractivity contribution in [3.63, 3.8) is 0 Å². The summed E-state index contributed by atoms with van der Waals surface area (Å²) in [4.78, 5) is 23.8. The molecule has 5 atom stereocenters. The van der Waals surface area contributed by atoms with Gasteiger partial charge in [-0.25, -0.2) is 15.0 Å². The minimum absolute atomic E-state index is 0.0859. The Morgan fingerprint density at radius 2 is 2.21 bits per heavy atom. The van der Waals surface area contributed by atoms with Crippen LogP contribution in [0.25, 0.3) is 11.2 Å². The van der Waals surface area contributed by atoms with Gasteiger partial charge >= 0.3 is 5.97 Å². The third kappa shape index (κ3) is 3.40. The van der Waals surface area contributed by atoms with Crippen LogP contribution in [-0.2, 0) is 15.4 Å². The summed E-state index contributed by atoms with van der Waals surface area (Å²) in [5, 5.41) is 43.0. The molecule has 3 rings (SSSR count). The Bertz CT molecular complexity index is 852. The van der Waals surface area contributed by atoms with Crippen LogP contribution in [0.3, 0.4) is 0 Å². The van der Waals surface area contributed by atoms with Crippen LogP contribution < -0.4 is 11.1 Å². The number of fused-ring (bicyclic) bond motifs is 1. The molecule has 0 aromatic carbocycles. The first kappa shape index (κ1) is 20.7. The third-order valence-electron chi connectivity index (χ3n) is 4.63. The molecule has 0 amide bonds. The van der Waals surface area contributed by atoms with Crippen LogP contribution in [0.4, 0.5) is 5.82 Å². The van der Waals surface area contributed by atoms with Gasteiger partial charge in [0.05, 0.1) is 6.61 Å². The summed E-state index contributed by atoms with van der Waals surface area (Å²) in [7, 11) is 0. The van der Waals surface area contributed by atoms with E-state index < -0.39 is 42.8 Å². The number of nitrogen functional groups attached to an aromatic ring is 1. The SMILES string of the molecule is CSCC[C@H](N[C@@]1(n2cnc3c(N)ncnc32)O[C@H](CO)[C@@H](O)[C@H]1O)C(=O)O. The number of carboxylic acids is 1. The molecule has 1 saturated heterocycles. The highest BCUT2D eigenvalue weighted by molar-refractivity contribution is 7.98. The number of nitrogens with two attached hydrogens (primary N) is 1. The first-order chi connectivity index (χ1) is 13.4. The summed E-state index contributed by atoms with van der Waals surface area (Å²) >= 11 is 1.46. The Kier molecular flexibility index (Phi) is 6.02. The van der Waals surface area contributed by atoms with E-state index in [9.17, 15) is 25.2 Å². The number of aromatic nitrogens is 4. The predicted octanol–water partition coefficient (Wildman–Crippen LogP) is -2.07. The lowest BCUT2D eigenvalue weighted by Crippen LogP contribution is -2.61. The normalized spacial score (nSPS) is 28.6. The predicted molar refractivity (Wildman–Crippen MR) is 99.2 cm³/mol. The molecule has 0 radical (unpaired) electrons. The van der Waals surface area contributed by atoms with Crippen molar-refractivity contribution in [2.75, 3.05) is 24.3 Å². The number of ether oxygens (including phenoxy) is 1. The maximum Gasteiger partial charge on any atom is 0.320 e. The lowest BCUT2D eigenvalue weighted by atomic mass is 10.1. The molecule has 0 aliphatic carbocycles. The fourth-order valence-corrected chi connectivity index (χ4v) is 3.65. The van der Waals surface area contributed by atoms with Crippen LogP contribution in [0.15, 0.2) is 12.7 Å². The standard InChI is InChI=1S/C15H22N6O6S/c1-28-3-2-7(14(25)26)20-15(11(24)10(23)8(4-22)27-15)21-6-19-9-12(16)17-5-18-13(9)21/h5-8,10-11,20,22-24H,2-4H2,1H3,(H,25,26)(H2,16,17,18)/t7-,8+,10+,11+,15-/m0/s1. The van der Waals surface area contributed by atoms with Gasteiger partial charge in [-0.05, 0) is 18.4 Å². The van der Waals surface area contributed by atoms with Gasteiger partial charge in [0.25, 0.3) is 0 Å². The molecule has 13 heteroatoms. The zero-order chi connectivity index (χ0) is 20.5. The van der Waals surface area contributed by atoms with E-state index in [-0.39, 0.29) is 23.4 Å². The minimum atomic E-state index is -1.94. The van der Waals surface area contributed by atoms with Gasteiger partial charge in [0.2, 0.25) is 5.85 Å². The molecule has 7 N–H and O–H groups in total. The number of hydrogen-bond acceptors (Lipinski definition) is 11. The highest BCUT2D eigenvalue weighted by atomic mass is 32.2. The number of carbonyl (C=O) groups is 1. The van der Waals surface area contributed by atoms with E-state index >= 15 is 0 Å². The molecule has 12 nitrogen and oxygen atoms in total. The fraction of sp³-hybridized carbons (Fsp3) is 0.600. The molecule has 28 heavy (non-hydrogen) atoms. The van der Waals surface area contributed by atoms with Gasteiger partial charge in [-0.1, -0.05) is 0 Å². The van der Waals surface area contributed by atoms with Gasteiger partial charge in [0.1, 0.15) is 42.5 Å². The second kappa shape index (κ2) is 8.14. The average Bonchev–Trinajstić information content (AvgIpc) is 3.21. The van der Waals surface area contributed by atoms with Crippen molar-refractivity contribution < 1.29 is 30.0 Å². The molecule has 0 unspecified atom stereocenters. The number of aliphatic carboxylic acids is 1. The highest BCUT2D eigenvalue weighted by Gasteiger charge is 2.57. The fourth-order valence-electron chi connectivity index (χ4n) is 3.18. The van der Waals surface area contributed by atoms with Gasteiger partial charge in [-0.15, -0.1) is 0 Å². The number of nitrogens with one attached hydrogen (secondary N) is 1. The van der Waals surface area contributed by atoms with Crippen LogP contribution in [0.1, 0.15) is 6.42 Å². The number of thioether (sulfide) groups is 1. The Labute approximate surface area is 163 Å². The summed E-state index contributed by atoms with van der Waals surface area (Å²) in [5.74, 6) is -2.49. The molecule has 2 aromatic heterocycles. The largest absolute Gasteiger partial charge is 0.480 e. The summed E-state index contributed by atoms with van der Waals surface area (Å²) in [5.41, 5.74) is 6.19. The zero-order valence-corrected chi connectivity index (χ0v) is 15.8. The summed E-state index contributed by atoms with van der Waals surface area (Å²) in [6.07, 6.45) is 0.231. The molecular formula is C15H22N6O6S. The molecule has 3 heterocycles. The van der Waals surface area contributed by atoms with Gasteiger partial charge in [-0.2, -0.15) is 11.8 Å². The lowest BCUT2D eigenvalue weighted by Gasteiger charge is -2.36. The van der Waals surface area contributed by atoms with Crippen molar-refractivity contribution in [2.24, 2.45) is 0 Å². The third-order valence-corrected chi connectivity index (χ3v) is 5.27. The second-order valence-electron chi connectivity index (χ2n) is 6.33. The van der Waals surface area contributed by atoms with E-state index in [4.69, 9.17) is 10.5 Å². The van der Waals surface area contributed by atoms with Crippen LogP contribution in [0.2, 0.25) is 0 Å². The maximum absolute atomic E-state index is 11.8. The number of aliphatic hydroxyl groups is 3. The molecule has 0 saturated carbocycles. The topological polar surface area (TPSA) is 189 Å². The van der Waals surface area contributed by atoms with Crippen LogP contribution in [-0.4, -0.2) is 88.9 Å². The number of nitrogens with zero attached hydrogens (tertiary/aromatic N) is 4. The minimum Gasteiger partial charge on any atom is -0.480 e. The van der Waals surface area contributed by atoms with Crippen molar-refractivity contribution in [1.82, 2.24) is 24.8 Å². The first-order valence-electron chi connectivity index (χ1n) is 8.44. The van der Waals surface area contributed by atoms with E-state index in [0.717, 1.165) is 0 Å². The van der Waals surface area contributed by atoms with E-state index in [1.54, 1.807) is 0 Å². The van der Waals surface area contributed by atoms with E-state index in [0.29, 0.717) is 5.75 Å². The van der Waals surface area contributed by atoms with Gasteiger partial charge < -0.3 is 30.9 Å². The Balaban J connectivity index is 2.12. The molecule has 1 fully saturated rings. The van der Waals surface area contributed by atoms with Gasteiger partial charge in [0, 0.05) is 0 Å². The molecule has 0 bridgehead atoms. The van der Waals surface area contributed by atoms with Gasteiger partial charge in [-0.3, -0.25) is 14.7 Å². The number of hydrogen-bond donors (Lipinski definition) is 6.